The van der Waals surface area contributed by atoms with Crippen LogP contribution in [-0.2, 0) is 4.79 Å². The fourth-order valence-corrected chi connectivity index (χ4v) is 4.80. The summed E-state index contributed by atoms with van der Waals surface area (Å²) in [6.45, 7) is 4.51. The lowest BCUT2D eigenvalue weighted by Gasteiger charge is -2.40. The quantitative estimate of drug-likeness (QED) is 0.604. The van der Waals surface area contributed by atoms with E-state index in [0.29, 0.717) is 12.2 Å². The van der Waals surface area contributed by atoms with Crippen molar-refractivity contribution in [1.29, 1.82) is 0 Å². The maximum absolute atomic E-state index is 13.3. The van der Waals surface area contributed by atoms with Gasteiger partial charge in [-0.3, -0.25) is 4.79 Å². The van der Waals surface area contributed by atoms with Gasteiger partial charge in [-0.15, -0.1) is 0 Å². The van der Waals surface area contributed by atoms with E-state index in [1.807, 2.05) is 23.1 Å². The molecule has 1 amide bonds. The van der Waals surface area contributed by atoms with Crippen molar-refractivity contribution in [2.45, 2.75) is 12.8 Å². The second-order valence-corrected chi connectivity index (χ2v) is 8.55. The van der Waals surface area contributed by atoms with Gasteiger partial charge in [0.1, 0.15) is 11.3 Å². The molecule has 32 heavy (non-hydrogen) atoms. The monoisotopic (exact) mass is 455 g/mol. The maximum atomic E-state index is 13.3. The standard InChI is InChI=1S/C22H26ClN7O2/c1-32-17-6-2-5-16(12-17)28-8-10-29(11-9-28)21(31)15-4-3-7-30(13-15)20-18-19(25-14-24-18)26-22(23)27-20/h2,5-6,12,14-15H,3-4,7-11,13H2,1H3,(H,24,25,26,27)/t15-/m0/s1. The highest BCUT2D eigenvalue weighted by atomic mass is 35.5. The number of aromatic amines is 1. The maximum Gasteiger partial charge on any atom is 0.227 e. The molecule has 2 saturated heterocycles. The number of imidazole rings is 1. The van der Waals surface area contributed by atoms with Gasteiger partial charge in [0, 0.05) is 51.0 Å². The normalized spacial score (nSPS) is 19.4. The molecular formula is C22H26ClN7O2. The molecule has 2 fully saturated rings. The van der Waals surface area contributed by atoms with Crippen molar-refractivity contribution in [3.8, 4) is 5.75 Å². The van der Waals surface area contributed by atoms with Crippen molar-refractivity contribution < 1.29 is 9.53 Å². The number of nitrogens with one attached hydrogen (secondary N) is 1. The van der Waals surface area contributed by atoms with Crippen LogP contribution >= 0.6 is 11.6 Å². The van der Waals surface area contributed by atoms with Gasteiger partial charge in [-0.1, -0.05) is 6.07 Å². The Balaban J connectivity index is 1.24. The number of ether oxygens (including phenoxy) is 1. The molecule has 3 aromatic rings. The summed E-state index contributed by atoms with van der Waals surface area (Å²) in [5.74, 6) is 1.73. The Morgan fingerprint density at radius 2 is 2.00 bits per heavy atom. The molecule has 0 bridgehead atoms. The van der Waals surface area contributed by atoms with Crippen molar-refractivity contribution in [1.82, 2.24) is 24.8 Å². The van der Waals surface area contributed by atoms with Crippen molar-refractivity contribution in [3.05, 3.63) is 35.9 Å². The third-order valence-electron chi connectivity index (χ3n) is 6.32. The molecular weight excluding hydrogens is 430 g/mol. The number of piperazine rings is 1. The number of carbonyl (C=O) groups is 1. The second kappa shape index (κ2) is 8.82. The first-order valence-electron chi connectivity index (χ1n) is 10.9. The molecule has 9 nitrogen and oxygen atoms in total. The van der Waals surface area contributed by atoms with E-state index in [4.69, 9.17) is 16.3 Å². The molecule has 1 N–H and O–H groups in total. The number of carbonyl (C=O) groups excluding carboxylic acids is 1. The van der Waals surface area contributed by atoms with Gasteiger partial charge in [0.2, 0.25) is 11.2 Å². The smallest absolute Gasteiger partial charge is 0.227 e. The Morgan fingerprint density at radius 3 is 2.81 bits per heavy atom. The van der Waals surface area contributed by atoms with Crippen LogP contribution in [0.2, 0.25) is 5.28 Å². The second-order valence-electron chi connectivity index (χ2n) is 8.22. The number of anilines is 2. The number of hydrogen-bond acceptors (Lipinski definition) is 7. The summed E-state index contributed by atoms with van der Waals surface area (Å²) in [6.07, 6.45) is 3.40. The van der Waals surface area contributed by atoms with Crippen LogP contribution in [0, 0.1) is 5.92 Å². The topological polar surface area (TPSA) is 90.5 Å². The van der Waals surface area contributed by atoms with Crippen LogP contribution in [0.1, 0.15) is 12.8 Å². The molecule has 0 aliphatic carbocycles. The number of nitrogens with zero attached hydrogens (tertiary/aromatic N) is 6. The zero-order valence-electron chi connectivity index (χ0n) is 18.0. The van der Waals surface area contributed by atoms with E-state index in [-0.39, 0.29) is 17.1 Å². The molecule has 4 heterocycles. The van der Waals surface area contributed by atoms with Crippen LogP contribution in [0.4, 0.5) is 11.5 Å². The molecule has 168 valence electrons. The van der Waals surface area contributed by atoms with Gasteiger partial charge < -0.3 is 24.4 Å². The molecule has 1 atom stereocenters. The number of rotatable bonds is 4. The number of hydrogen-bond donors (Lipinski definition) is 1. The predicted octanol–water partition coefficient (Wildman–Crippen LogP) is 2.58. The first-order valence-corrected chi connectivity index (χ1v) is 11.3. The van der Waals surface area contributed by atoms with E-state index < -0.39 is 0 Å². The minimum Gasteiger partial charge on any atom is -0.497 e. The van der Waals surface area contributed by atoms with Crippen LogP contribution < -0.4 is 14.5 Å². The lowest BCUT2D eigenvalue weighted by atomic mass is 9.96. The van der Waals surface area contributed by atoms with Gasteiger partial charge in [0.05, 0.1) is 19.4 Å². The fourth-order valence-electron chi connectivity index (χ4n) is 4.64. The highest BCUT2D eigenvalue weighted by Gasteiger charge is 2.32. The Morgan fingerprint density at radius 1 is 1.16 bits per heavy atom. The number of H-pyrrole nitrogens is 1. The van der Waals surface area contributed by atoms with E-state index in [1.165, 1.54) is 0 Å². The lowest BCUT2D eigenvalue weighted by Crippen LogP contribution is -2.52. The van der Waals surface area contributed by atoms with Crippen molar-refractivity contribution in [2.75, 3.05) is 56.2 Å². The zero-order chi connectivity index (χ0) is 22.1. The van der Waals surface area contributed by atoms with E-state index in [9.17, 15) is 4.79 Å². The summed E-state index contributed by atoms with van der Waals surface area (Å²) in [5.41, 5.74) is 2.43. The van der Waals surface area contributed by atoms with E-state index in [2.05, 4.69) is 35.8 Å². The number of piperidine rings is 1. The van der Waals surface area contributed by atoms with Crippen molar-refractivity contribution in [3.63, 3.8) is 0 Å². The van der Waals surface area contributed by atoms with E-state index >= 15 is 0 Å². The SMILES string of the molecule is COc1cccc(N2CCN(C(=O)[C@H]3CCCN(c4nc(Cl)nc5nc[nH]c45)C3)CC2)c1. The molecule has 2 aromatic heterocycles. The first-order chi connectivity index (χ1) is 15.6. The number of fused-ring (bicyclic) bond motifs is 1. The summed E-state index contributed by atoms with van der Waals surface area (Å²) in [5, 5.41) is 0.168. The first kappa shape index (κ1) is 20.8. The third-order valence-corrected chi connectivity index (χ3v) is 6.49. The van der Waals surface area contributed by atoms with E-state index in [0.717, 1.165) is 68.3 Å². The average molecular weight is 456 g/mol. The van der Waals surface area contributed by atoms with Crippen LogP contribution in [0.5, 0.6) is 5.75 Å². The Bertz CT molecular complexity index is 1110. The molecule has 5 rings (SSSR count). The summed E-state index contributed by atoms with van der Waals surface area (Å²) < 4.78 is 5.34. The number of methoxy groups -OCH3 is 1. The third kappa shape index (κ3) is 4.04. The molecule has 0 unspecified atom stereocenters. The summed E-state index contributed by atoms with van der Waals surface area (Å²) >= 11 is 6.11. The largest absolute Gasteiger partial charge is 0.497 e. The van der Waals surface area contributed by atoms with Gasteiger partial charge in [-0.2, -0.15) is 9.97 Å². The Hall–Kier alpha value is -3.07. The van der Waals surface area contributed by atoms with Crippen molar-refractivity contribution in [2.24, 2.45) is 5.92 Å². The molecule has 0 radical (unpaired) electrons. The van der Waals surface area contributed by atoms with Crippen LogP contribution in [0.25, 0.3) is 11.2 Å². The molecule has 2 aliphatic rings. The molecule has 2 aliphatic heterocycles. The number of amides is 1. The van der Waals surface area contributed by atoms with Gasteiger partial charge in [-0.25, -0.2) is 4.98 Å². The predicted molar refractivity (Wildman–Crippen MR) is 123 cm³/mol. The lowest BCUT2D eigenvalue weighted by molar-refractivity contribution is -0.136. The van der Waals surface area contributed by atoms with Crippen molar-refractivity contribution >= 4 is 40.2 Å². The Labute approximate surface area is 191 Å². The summed E-state index contributed by atoms with van der Waals surface area (Å²) in [4.78, 5) is 35.7. The average Bonchev–Trinajstić information content (AvgIpc) is 3.31. The summed E-state index contributed by atoms with van der Waals surface area (Å²) in [7, 11) is 1.68. The van der Waals surface area contributed by atoms with Crippen LogP contribution in [-0.4, -0.2) is 77.1 Å². The van der Waals surface area contributed by atoms with Gasteiger partial charge >= 0.3 is 0 Å². The molecule has 10 heteroatoms. The zero-order valence-corrected chi connectivity index (χ0v) is 18.8. The van der Waals surface area contributed by atoms with Gasteiger partial charge in [0.15, 0.2) is 11.5 Å². The molecule has 0 spiro atoms. The minimum atomic E-state index is -0.0566. The number of benzene rings is 1. The summed E-state index contributed by atoms with van der Waals surface area (Å²) in [6, 6.07) is 8.07. The minimum absolute atomic E-state index is 0.0566. The molecule has 1 aromatic carbocycles. The highest BCUT2D eigenvalue weighted by molar-refractivity contribution is 6.28. The number of halogens is 1. The number of aromatic nitrogens is 4. The van der Waals surface area contributed by atoms with Crippen LogP contribution in [0.3, 0.4) is 0 Å². The van der Waals surface area contributed by atoms with E-state index in [1.54, 1.807) is 13.4 Å². The Kier molecular flexibility index (Phi) is 5.73. The molecule has 0 saturated carbocycles. The fraction of sp³-hybridized carbons (Fsp3) is 0.455. The van der Waals surface area contributed by atoms with Gasteiger partial charge in [0.25, 0.3) is 0 Å². The highest BCUT2D eigenvalue weighted by Crippen LogP contribution is 2.29. The van der Waals surface area contributed by atoms with Gasteiger partial charge in [-0.05, 0) is 36.6 Å². The van der Waals surface area contributed by atoms with Crippen LogP contribution in [0.15, 0.2) is 30.6 Å².